The minimum Gasteiger partial charge on any atom is -0.301 e. The molecule has 0 unspecified atom stereocenters. The molecule has 72 valence electrons. The third-order valence-electron chi connectivity index (χ3n) is 2.05. The lowest BCUT2D eigenvalue weighted by Crippen LogP contribution is -2.11. The number of thioether (sulfide) groups is 1. The van der Waals surface area contributed by atoms with Crippen LogP contribution in [0.4, 0.5) is 0 Å². The number of hydrogen-bond acceptors (Lipinski definition) is 3. The molecule has 1 rings (SSSR count). The molecule has 1 aromatic rings. The SMILES string of the molecule is CC[C@@H](C)c1cc(=O)[nH]c(SC)n1. The fourth-order valence-electron chi connectivity index (χ4n) is 1.01. The molecule has 1 aromatic heterocycles. The van der Waals surface area contributed by atoms with Crippen molar-refractivity contribution in [3.05, 3.63) is 22.1 Å². The van der Waals surface area contributed by atoms with Gasteiger partial charge in [0.15, 0.2) is 5.16 Å². The second kappa shape index (κ2) is 4.46. The molecule has 0 saturated carbocycles. The van der Waals surface area contributed by atoms with Gasteiger partial charge in [0.25, 0.3) is 5.56 Å². The van der Waals surface area contributed by atoms with Crippen LogP contribution in [0.25, 0.3) is 0 Å². The predicted molar refractivity (Wildman–Crippen MR) is 55.3 cm³/mol. The first-order chi connectivity index (χ1) is 6.17. The topological polar surface area (TPSA) is 45.8 Å². The van der Waals surface area contributed by atoms with Gasteiger partial charge >= 0.3 is 0 Å². The van der Waals surface area contributed by atoms with E-state index in [1.165, 1.54) is 11.8 Å². The van der Waals surface area contributed by atoms with Gasteiger partial charge in [-0.3, -0.25) is 4.79 Å². The van der Waals surface area contributed by atoms with E-state index in [1.54, 1.807) is 6.07 Å². The smallest absolute Gasteiger partial charge is 0.251 e. The first-order valence-electron chi connectivity index (χ1n) is 4.32. The van der Waals surface area contributed by atoms with E-state index >= 15 is 0 Å². The molecule has 0 spiro atoms. The Morgan fingerprint density at radius 2 is 2.38 bits per heavy atom. The predicted octanol–water partition coefficient (Wildman–Crippen LogP) is 2.01. The summed E-state index contributed by atoms with van der Waals surface area (Å²) in [5, 5.41) is 0.697. The summed E-state index contributed by atoms with van der Waals surface area (Å²) in [5.74, 6) is 0.355. The number of rotatable bonds is 3. The van der Waals surface area contributed by atoms with Crippen molar-refractivity contribution in [2.75, 3.05) is 6.26 Å². The fourth-order valence-corrected chi connectivity index (χ4v) is 1.41. The quantitative estimate of drug-likeness (QED) is 0.597. The van der Waals surface area contributed by atoms with Crippen LogP contribution in [0, 0.1) is 0 Å². The van der Waals surface area contributed by atoms with Crippen molar-refractivity contribution in [3.63, 3.8) is 0 Å². The minimum absolute atomic E-state index is 0.0605. The molecule has 1 atom stereocenters. The molecule has 1 N–H and O–H groups in total. The maximum absolute atomic E-state index is 11.2. The molecule has 0 fully saturated rings. The number of hydrogen-bond donors (Lipinski definition) is 1. The molecule has 1 heterocycles. The van der Waals surface area contributed by atoms with Gasteiger partial charge in [0.05, 0.1) is 5.69 Å². The van der Waals surface area contributed by atoms with Crippen molar-refractivity contribution < 1.29 is 0 Å². The summed E-state index contributed by atoms with van der Waals surface area (Å²) in [6.45, 7) is 4.16. The molecule has 0 bridgehead atoms. The maximum Gasteiger partial charge on any atom is 0.251 e. The van der Waals surface area contributed by atoms with Crippen LogP contribution < -0.4 is 5.56 Å². The summed E-state index contributed by atoms with van der Waals surface area (Å²) in [7, 11) is 0. The Kier molecular flexibility index (Phi) is 3.54. The molecular weight excluding hydrogens is 184 g/mol. The second-order valence-corrected chi connectivity index (χ2v) is 3.78. The maximum atomic E-state index is 11.2. The average Bonchev–Trinajstić information content (AvgIpc) is 2.15. The Labute approximate surface area is 82.0 Å². The van der Waals surface area contributed by atoms with E-state index in [-0.39, 0.29) is 5.56 Å². The molecule has 13 heavy (non-hydrogen) atoms. The minimum atomic E-state index is -0.0605. The summed E-state index contributed by atoms with van der Waals surface area (Å²) >= 11 is 1.46. The van der Waals surface area contributed by atoms with Gasteiger partial charge in [-0.05, 0) is 18.6 Å². The Hall–Kier alpha value is -0.770. The molecular formula is C9H14N2OS. The second-order valence-electron chi connectivity index (χ2n) is 2.99. The van der Waals surface area contributed by atoms with Gasteiger partial charge in [-0.1, -0.05) is 25.6 Å². The number of H-pyrrole nitrogens is 1. The lowest BCUT2D eigenvalue weighted by Gasteiger charge is -2.07. The van der Waals surface area contributed by atoms with E-state index in [2.05, 4.69) is 23.8 Å². The van der Waals surface area contributed by atoms with Crippen molar-refractivity contribution in [1.29, 1.82) is 0 Å². The van der Waals surface area contributed by atoms with Gasteiger partial charge in [-0.2, -0.15) is 0 Å². The zero-order valence-corrected chi connectivity index (χ0v) is 8.94. The highest BCUT2D eigenvalue weighted by Gasteiger charge is 2.06. The first-order valence-corrected chi connectivity index (χ1v) is 5.55. The van der Waals surface area contributed by atoms with Crippen molar-refractivity contribution in [1.82, 2.24) is 9.97 Å². The fraction of sp³-hybridized carbons (Fsp3) is 0.556. The zero-order chi connectivity index (χ0) is 9.84. The monoisotopic (exact) mass is 198 g/mol. The molecule has 4 heteroatoms. The molecule has 0 saturated heterocycles. The summed E-state index contributed by atoms with van der Waals surface area (Å²) < 4.78 is 0. The third kappa shape index (κ3) is 2.59. The molecule has 0 aliphatic carbocycles. The van der Waals surface area contributed by atoms with Gasteiger partial charge in [-0.25, -0.2) is 4.98 Å². The summed E-state index contributed by atoms with van der Waals surface area (Å²) in [5.41, 5.74) is 0.824. The Morgan fingerprint density at radius 1 is 1.69 bits per heavy atom. The van der Waals surface area contributed by atoms with Crippen molar-refractivity contribution in [2.45, 2.75) is 31.3 Å². The lowest BCUT2D eigenvalue weighted by atomic mass is 10.1. The van der Waals surface area contributed by atoms with Crippen LogP contribution in [0.2, 0.25) is 0 Å². The van der Waals surface area contributed by atoms with Gasteiger partial charge in [0, 0.05) is 6.07 Å². The first kappa shape index (κ1) is 10.3. The normalized spacial score (nSPS) is 12.8. The largest absolute Gasteiger partial charge is 0.301 e. The summed E-state index contributed by atoms with van der Waals surface area (Å²) in [6.07, 6.45) is 2.91. The van der Waals surface area contributed by atoms with Crippen LogP contribution in [-0.2, 0) is 0 Å². The van der Waals surface area contributed by atoms with Crippen LogP contribution >= 0.6 is 11.8 Å². The number of nitrogens with one attached hydrogen (secondary N) is 1. The van der Waals surface area contributed by atoms with E-state index in [9.17, 15) is 4.79 Å². The van der Waals surface area contributed by atoms with E-state index < -0.39 is 0 Å². The van der Waals surface area contributed by atoms with Gasteiger partial charge < -0.3 is 4.98 Å². The highest BCUT2D eigenvalue weighted by atomic mass is 32.2. The average molecular weight is 198 g/mol. The lowest BCUT2D eigenvalue weighted by molar-refractivity contribution is 0.685. The highest BCUT2D eigenvalue weighted by molar-refractivity contribution is 7.98. The van der Waals surface area contributed by atoms with Crippen LogP contribution in [0.3, 0.4) is 0 Å². The molecule has 0 amide bonds. The van der Waals surface area contributed by atoms with Crippen molar-refractivity contribution >= 4 is 11.8 Å². The molecule has 0 aliphatic rings. The van der Waals surface area contributed by atoms with E-state index in [0.717, 1.165) is 12.1 Å². The van der Waals surface area contributed by atoms with Crippen LogP contribution in [0.1, 0.15) is 31.9 Å². The standard InChI is InChI=1S/C9H14N2OS/c1-4-6(2)7-5-8(12)11-9(10-7)13-3/h5-6H,4H2,1-3H3,(H,10,11,12)/t6-/m1/s1. The van der Waals surface area contributed by atoms with Gasteiger partial charge in [0.2, 0.25) is 0 Å². The van der Waals surface area contributed by atoms with Crippen molar-refractivity contribution in [3.8, 4) is 0 Å². The summed E-state index contributed by atoms with van der Waals surface area (Å²) in [4.78, 5) is 18.2. The molecule has 0 radical (unpaired) electrons. The molecule has 0 aromatic carbocycles. The van der Waals surface area contributed by atoms with E-state index in [0.29, 0.717) is 11.1 Å². The van der Waals surface area contributed by atoms with Crippen molar-refractivity contribution in [2.24, 2.45) is 0 Å². The highest BCUT2D eigenvalue weighted by Crippen LogP contribution is 2.16. The van der Waals surface area contributed by atoms with Crippen LogP contribution in [-0.4, -0.2) is 16.2 Å². The van der Waals surface area contributed by atoms with Gasteiger partial charge in [-0.15, -0.1) is 0 Å². The van der Waals surface area contributed by atoms with Gasteiger partial charge in [0.1, 0.15) is 0 Å². The Bertz CT molecular complexity index is 335. The zero-order valence-electron chi connectivity index (χ0n) is 8.13. The van der Waals surface area contributed by atoms with Crippen LogP contribution in [0.5, 0.6) is 0 Å². The van der Waals surface area contributed by atoms with E-state index in [1.807, 2.05) is 6.26 Å². The van der Waals surface area contributed by atoms with Crippen LogP contribution in [0.15, 0.2) is 16.0 Å². The Morgan fingerprint density at radius 3 is 2.92 bits per heavy atom. The summed E-state index contributed by atoms with van der Waals surface area (Å²) in [6, 6.07) is 1.58. The Balaban J connectivity index is 3.08. The number of aromatic nitrogens is 2. The number of nitrogens with zero attached hydrogens (tertiary/aromatic N) is 1. The number of aromatic amines is 1. The third-order valence-corrected chi connectivity index (χ3v) is 2.63. The van der Waals surface area contributed by atoms with E-state index in [4.69, 9.17) is 0 Å². The molecule has 3 nitrogen and oxygen atoms in total. The molecule has 0 aliphatic heterocycles.